The van der Waals surface area contributed by atoms with Gasteiger partial charge in [0.1, 0.15) is 0 Å². The molecule has 0 aliphatic rings. The third kappa shape index (κ3) is 12.8. The molecule has 2 N–H and O–H groups in total. The number of amides is 1. The second-order valence-electron chi connectivity index (χ2n) is 7.74. The fraction of sp³-hybridized carbons (Fsp3) is 0.889. The molecule has 0 aromatic carbocycles. The Morgan fingerprint density at radius 1 is 1.14 bits per heavy atom. The summed E-state index contributed by atoms with van der Waals surface area (Å²) in [6, 6.07) is -0.871. The van der Waals surface area contributed by atoms with Gasteiger partial charge < -0.3 is 0 Å². The third-order valence-electron chi connectivity index (χ3n) is 3.66. The number of hydrogen-bond donors (Lipinski definition) is 2. The Morgan fingerprint density at radius 3 is 2.21 bits per heavy atom. The van der Waals surface area contributed by atoms with Gasteiger partial charge in [0.2, 0.25) is 0 Å². The molecule has 11 heteroatoms. The van der Waals surface area contributed by atoms with Crippen molar-refractivity contribution in [3.05, 3.63) is 0 Å². The van der Waals surface area contributed by atoms with E-state index in [9.17, 15) is 14.2 Å². The van der Waals surface area contributed by atoms with E-state index in [0.717, 1.165) is 25.7 Å². The van der Waals surface area contributed by atoms with E-state index in [0.29, 0.717) is 12.5 Å². The predicted molar refractivity (Wildman–Crippen MR) is 106 cm³/mol. The number of rotatable bonds is 14. The summed E-state index contributed by atoms with van der Waals surface area (Å²) in [6.07, 6.45) is 3.44. The fourth-order valence-corrected chi connectivity index (χ4v) is 4.25. The van der Waals surface area contributed by atoms with Gasteiger partial charge >= 0.3 is 168 Å². The molecule has 0 spiro atoms. The zero-order valence-electron chi connectivity index (χ0n) is 18.2. The van der Waals surface area contributed by atoms with Crippen molar-refractivity contribution in [2.75, 3.05) is 19.8 Å². The molecule has 0 saturated carbocycles. The molecule has 1 unspecified atom stereocenters. The summed E-state index contributed by atoms with van der Waals surface area (Å²) in [5, 5.41) is 5.04. The van der Waals surface area contributed by atoms with Crippen LogP contribution in [0.25, 0.3) is 0 Å². The van der Waals surface area contributed by atoms with E-state index in [1.54, 1.807) is 20.8 Å². The Hall–Kier alpha value is -2.15. The Kier molecular flexibility index (Phi) is 12.2. The Labute approximate surface area is 168 Å². The second-order valence-corrected chi connectivity index (χ2v) is 10.7. The minimum absolute atomic E-state index is 0.0685. The first-order valence-electron chi connectivity index (χ1n) is 9.88. The Morgan fingerprint density at radius 2 is 1.72 bits per heavy atom. The number of alkyl carbamates (subject to hydrolysis) is 1. The zero-order valence-corrected chi connectivity index (χ0v) is 21.5. The van der Waals surface area contributed by atoms with E-state index in [4.69, 9.17) is 18.9 Å². The molecule has 0 radical (unpaired) electrons. The molecular formula is C18H36FmN2O7P. The molecule has 0 aliphatic heterocycles. The van der Waals surface area contributed by atoms with Gasteiger partial charge in [-0.2, -0.15) is 0 Å². The fourth-order valence-electron chi connectivity index (χ4n) is 2.44. The molecule has 0 saturated heterocycles. The normalized spacial score (nSPS) is 14.9. The van der Waals surface area contributed by atoms with Crippen LogP contribution in [-0.2, 0) is 28.3 Å². The van der Waals surface area contributed by atoms with Gasteiger partial charge in [-0.15, -0.1) is 0 Å². The van der Waals surface area contributed by atoms with Gasteiger partial charge in [0.05, 0.1) is 0 Å². The number of esters is 1. The molecule has 0 fully saturated rings. The Balaban J connectivity index is 4.42. The molecule has 0 aromatic rings. The van der Waals surface area contributed by atoms with Crippen molar-refractivity contribution in [2.45, 2.75) is 78.9 Å². The van der Waals surface area contributed by atoms with E-state index in [1.165, 1.54) is 6.92 Å². The van der Waals surface area contributed by atoms with Crippen molar-refractivity contribution in [3.63, 3.8) is 0 Å². The van der Waals surface area contributed by atoms with Gasteiger partial charge in [0, 0.05) is 0 Å². The summed E-state index contributed by atoms with van der Waals surface area (Å²) >= 11 is 0. The third-order valence-corrected chi connectivity index (χ3v) is 6.76. The van der Waals surface area contributed by atoms with Crippen LogP contribution in [0.5, 0.6) is 0 Å². The van der Waals surface area contributed by atoms with Crippen LogP contribution in [0.1, 0.15) is 67.2 Å². The van der Waals surface area contributed by atoms with E-state index in [1.807, 2.05) is 0 Å². The van der Waals surface area contributed by atoms with Crippen molar-refractivity contribution in [3.8, 4) is 0 Å². The Bertz CT molecular complexity index is 537. The van der Waals surface area contributed by atoms with Crippen LogP contribution in [0, 0.1) is 5.92 Å². The molecule has 0 heterocycles. The molecule has 1 amide bonds. The molecule has 2 atom stereocenters. The van der Waals surface area contributed by atoms with Gasteiger partial charge in [-0.05, 0) is 0 Å². The van der Waals surface area contributed by atoms with Crippen LogP contribution < -0.4 is 10.4 Å². The van der Waals surface area contributed by atoms with Gasteiger partial charge in [-0.1, -0.05) is 0 Å². The first-order chi connectivity index (χ1) is 13.5. The van der Waals surface area contributed by atoms with Gasteiger partial charge in [-0.25, -0.2) is 0 Å². The average Bonchev–Trinajstić information content (AvgIpc) is 2.62. The van der Waals surface area contributed by atoms with Crippen molar-refractivity contribution in [1.29, 1.82) is 0 Å². The molecule has 177 valence electrons. The molecule has 29 heavy (non-hydrogen) atoms. The summed E-state index contributed by atoms with van der Waals surface area (Å²) in [5.41, 5.74) is -0.614. The zero-order chi connectivity index (χ0) is 22.5. The maximum absolute atomic E-state index is 12.6. The van der Waals surface area contributed by atoms with Gasteiger partial charge in [0.25, 0.3) is 0 Å². The number of ether oxygens (including phenoxy) is 2. The molecule has 9 nitrogen and oxygen atoms in total. The van der Waals surface area contributed by atoms with Gasteiger partial charge in [-0.3, -0.25) is 0 Å². The van der Waals surface area contributed by atoms with Crippen molar-refractivity contribution >= 4 is 19.8 Å². The molecule has 0 aliphatic carbocycles. The monoisotopic (exact) mass is 680 g/mol. The van der Waals surface area contributed by atoms with Crippen molar-refractivity contribution < 1.29 is 33.0 Å². The second kappa shape index (κ2) is 13.1. The number of carbonyl (C=O) groups excluding carboxylic acids is 2. The van der Waals surface area contributed by atoms with Crippen LogP contribution >= 0.6 is 7.75 Å². The first-order valence-corrected chi connectivity index (χ1v) is 12.4. The molecule has 0 rings (SSSR count). The summed E-state index contributed by atoms with van der Waals surface area (Å²) < 4.78 is 29.5. The first kappa shape index (κ1) is 26.9. The summed E-state index contributed by atoms with van der Waals surface area (Å²) in [5.74, 6) is -0.193. The molecule has 0 bridgehead atoms. The quantitative estimate of drug-likeness (QED) is 0.162. The van der Waals surface area contributed by atoms with E-state index in [2.05, 4.69) is 24.3 Å². The summed E-state index contributed by atoms with van der Waals surface area (Å²) in [6.45, 7) is 11.3. The van der Waals surface area contributed by atoms with E-state index < -0.39 is 31.5 Å². The van der Waals surface area contributed by atoms with Crippen LogP contribution in [0.4, 0.5) is 4.79 Å². The summed E-state index contributed by atoms with van der Waals surface area (Å²) in [7, 11) is -3.72. The number of nitrogens with one attached hydrogen (secondary N) is 2. The summed E-state index contributed by atoms with van der Waals surface area (Å²) in [4.78, 5) is 28.7. The average molecular weight is 680 g/mol. The molecule has 0 aromatic heterocycles. The van der Waals surface area contributed by atoms with E-state index in [-0.39, 0.29) is 13.2 Å². The van der Waals surface area contributed by atoms with E-state index >= 15 is 0 Å². The number of hydrogen-bond acceptors (Lipinski definition) is 7. The maximum atomic E-state index is 12.6. The number of carbonyl (C=O) groups is 2. The molecular weight excluding hydrogens is 644 g/mol. The van der Waals surface area contributed by atoms with Crippen molar-refractivity contribution in [2.24, 2.45) is 5.92 Å². The van der Waals surface area contributed by atoms with Gasteiger partial charge in [0.15, 0.2) is 0 Å². The van der Waals surface area contributed by atoms with Crippen LogP contribution in [0.2, 0.25) is 0 Å². The topological polar surface area (TPSA) is 112 Å². The van der Waals surface area contributed by atoms with Crippen LogP contribution in [0.15, 0.2) is 0 Å². The predicted octanol–water partition coefficient (Wildman–Crippen LogP) is 3.85. The van der Waals surface area contributed by atoms with Crippen LogP contribution in [0.3, 0.4) is 0 Å². The standard InChI is InChI=1S/C18H37N2O7P.Fm/c1-7-9-15(10-8-2)13-25-16(21)14(3)20-28(23,24)26-12-11-19-17(22)27-18(4,5)6;/h14-15H,7-13H2,1-6H3,(H,19,22)(H2,20,23,24);/q;+1/p-1/t14-;/m0./s1. The minimum atomic E-state index is -3.72. The van der Waals surface area contributed by atoms with Crippen molar-refractivity contribution in [1.82, 2.24) is 10.4 Å². The van der Waals surface area contributed by atoms with Crippen LogP contribution in [-0.4, -0.2) is 43.5 Å². The SMILES string of the molecule is CCCC(CCC)COC(=O)[C@H](C)NP(=O)([O][Fm])OCCNC(=O)OC(C)(C)C.